The lowest BCUT2D eigenvalue weighted by Crippen LogP contribution is -2.49. The Labute approximate surface area is 134 Å². The first-order valence-electron chi connectivity index (χ1n) is 7.41. The summed E-state index contributed by atoms with van der Waals surface area (Å²) in [5.74, 6) is -1.53. The second-order valence-electron chi connectivity index (χ2n) is 5.92. The lowest BCUT2D eigenvalue weighted by molar-refractivity contribution is 0.224. The minimum atomic E-state index is -3.17. The van der Waals surface area contributed by atoms with Gasteiger partial charge in [-0.25, -0.2) is 22.0 Å². The molecule has 0 aromatic heterocycles. The summed E-state index contributed by atoms with van der Waals surface area (Å²) in [6.07, 6.45) is 3.82. The molecule has 1 aromatic rings. The molecule has 0 saturated heterocycles. The van der Waals surface area contributed by atoms with Crippen LogP contribution >= 0.6 is 0 Å². The predicted octanol–water partition coefficient (Wildman–Crippen LogP) is 2.08. The number of sulfone groups is 1. The summed E-state index contributed by atoms with van der Waals surface area (Å²) in [5.41, 5.74) is -0.623. The van der Waals surface area contributed by atoms with Crippen molar-refractivity contribution in [2.45, 2.75) is 31.2 Å². The van der Waals surface area contributed by atoms with E-state index in [2.05, 4.69) is 10.6 Å². The Hall–Kier alpha value is -1.70. The van der Waals surface area contributed by atoms with Crippen LogP contribution in [-0.4, -0.2) is 33.0 Å². The molecule has 1 saturated carbocycles. The molecule has 8 heteroatoms. The molecule has 1 fully saturated rings. The molecule has 5 nitrogen and oxygen atoms in total. The van der Waals surface area contributed by atoms with Gasteiger partial charge in [0.15, 0.2) is 0 Å². The van der Waals surface area contributed by atoms with Crippen molar-refractivity contribution < 1.29 is 22.0 Å². The molecule has 0 radical (unpaired) electrons. The van der Waals surface area contributed by atoms with E-state index in [9.17, 15) is 22.0 Å². The fourth-order valence-corrected chi connectivity index (χ4v) is 3.40. The number of amides is 2. The van der Waals surface area contributed by atoms with Crippen LogP contribution in [0.5, 0.6) is 0 Å². The third-order valence-corrected chi connectivity index (χ3v) is 4.96. The minimum Gasteiger partial charge on any atom is -0.337 e. The van der Waals surface area contributed by atoms with Crippen LogP contribution in [0, 0.1) is 11.6 Å². The van der Waals surface area contributed by atoms with Crippen molar-refractivity contribution >= 4 is 15.9 Å². The Morgan fingerprint density at radius 3 is 2.48 bits per heavy atom. The Morgan fingerprint density at radius 1 is 1.26 bits per heavy atom. The van der Waals surface area contributed by atoms with Crippen LogP contribution in [0.4, 0.5) is 13.6 Å². The summed E-state index contributed by atoms with van der Waals surface area (Å²) in [6, 6.07) is 2.77. The van der Waals surface area contributed by atoms with E-state index in [1.54, 1.807) is 0 Å². The number of urea groups is 1. The molecule has 0 atom stereocenters. The zero-order chi connectivity index (χ0) is 17.1. The first-order valence-corrected chi connectivity index (χ1v) is 9.47. The van der Waals surface area contributed by atoms with Crippen LogP contribution < -0.4 is 10.6 Å². The highest BCUT2D eigenvalue weighted by Crippen LogP contribution is 2.39. The minimum absolute atomic E-state index is 0.0212. The number of benzene rings is 1. The van der Waals surface area contributed by atoms with Gasteiger partial charge in [0.25, 0.3) is 0 Å². The number of hydrogen-bond donors (Lipinski definition) is 2. The Balaban J connectivity index is 2.10. The molecule has 1 aromatic carbocycles. The van der Waals surface area contributed by atoms with Crippen molar-refractivity contribution in [3.63, 3.8) is 0 Å². The van der Waals surface area contributed by atoms with Crippen molar-refractivity contribution in [3.05, 3.63) is 35.4 Å². The fourth-order valence-electron chi connectivity index (χ4n) is 2.93. The van der Waals surface area contributed by atoms with Gasteiger partial charge >= 0.3 is 6.03 Å². The molecule has 0 bridgehead atoms. The number of carbonyl (C=O) groups is 1. The average molecular weight is 346 g/mol. The van der Waals surface area contributed by atoms with Crippen LogP contribution in [0.25, 0.3) is 0 Å². The molecule has 0 heterocycles. The summed E-state index contributed by atoms with van der Waals surface area (Å²) in [7, 11) is -3.17. The van der Waals surface area contributed by atoms with E-state index in [0.29, 0.717) is 12.8 Å². The van der Waals surface area contributed by atoms with Crippen molar-refractivity contribution in [2.24, 2.45) is 0 Å². The van der Waals surface area contributed by atoms with Gasteiger partial charge < -0.3 is 10.6 Å². The van der Waals surface area contributed by atoms with E-state index in [0.717, 1.165) is 25.2 Å². The predicted molar refractivity (Wildman–Crippen MR) is 82.7 cm³/mol. The van der Waals surface area contributed by atoms with E-state index in [-0.39, 0.29) is 17.9 Å². The molecule has 2 N–H and O–H groups in total. The lowest BCUT2D eigenvalue weighted by atomic mass is 9.87. The molecule has 23 heavy (non-hydrogen) atoms. The maximum Gasteiger partial charge on any atom is 0.315 e. The monoisotopic (exact) mass is 346 g/mol. The molecule has 1 aliphatic carbocycles. The second-order valence-corrected chi connectivity index (χ2v) is 8.18. The van der Waals surface area contributed by atoms with Crippen LogP contribution in [0.15, 0.2) is 18.2 Å². The largest absolute Gasteiger partial charge is 0.337 e. The Bertz CT molecular complexity index is 686. The average Bonchev–Trinajstić information content (AvgIpc) is 2.86. The normalized spacial score (nSPS) is 17.0. The third-order valence-electron chi connectivity index (χ3n) is 4.02. The molecule has 0 unspecified atom stereocenters. The zero-order valence-corrected chi connectivity index (χ0v) is 13.7. The summed E-state index contributed by atoms with van der Waals surface area (Å²) in [4.78, 5) is 12.0. The van der Waals surface area contributed by atoms with Gasteiger partial charge in [0.2, 0.25) is 0 Å². The maximum absolute atomic E-state index is 14.1. The Kier molecular flexibility index (Phi) is 5.23. The highest BCUT2D eigenvalue weighted by Gasteiger charge is 2.39. The molecule has 0 spiro atoms. The van der Waals surface area contributed by atoms with Gasteiger partial charge in [-0.1, -0.05) is 18.9 Å². The fraction of sp³-hybridized carbons (Fsp3) is 0.533. The standard InChI is InChI=1S/C15H20F2N2O3S/c1-23(21,22)9-8-18-14(20)19-15(6-2-3-7-15)12-5-4-11(16)10-13(12)17/h4-5,10H,2-3,6-9H2,1H3,(H2,18,19,20). The first kappa shape index (κ1) is 17.7. The number of nitrogens with one attached hydrogen (secondary N) is 2. The van der Waals surface area contributed by atoms with Gasteiger partial charge in [-0.15, -0.1) is 0 Å². The van der Waals surface area contributed by atoms with Crippen LogP contribution in [0.2, 0.25) is 0 Å². The van der Waals surface area contributed by atoms with Gasteiger partial charge in [-0.2, -0.15) is 0 Å². The molecule has 128 valence electrons. The van der Waals surface area contributed by atoms with Crippen molar-refractivity contribution in [2.75, 3.05) is 18.6 Å². The topological polar surface area (TPSA) is 75.3 Å². The van der Waals surface area contributed by atoms with Crippen LogP contribution in [-0.2, 0) is 15.4 Å². The number of halogens is 2. The van der Waals surface area contributed by atoms with Gasteiger partial charge in [0.05, 0.1) is 11.3 Å². The number of carbonyl (C=O) groups excluding carboxylic acids is 1. The number of hydrogen-bond acceptors (Lipinski definition) is 3. The Morgan fingerprint density at radius 2 is 1.91 bits per heavy atom. The van der Waals surface area contributed by atoms with E-state index < -0.39 is 33.0 Å². The zero-order valence-electron chi connectivity index (χ0n) is 12.9. The molecular formula is C15H20F2N2O3S. The van der Waals surface area contributed by atoms with E-state index >= 15 is 0 Å². The summed E-state index contributed by atoms with van der Waals surface area (Å²) < 4.78 is 49.3. The van der Waals surface area contributed by atoms with Gasteiger partial charge in [-0.05, 0) is 18.9 Å². The van der Waals surface area contributed by atoms with Crippen molar-refractivity contribution in [1.82, 2.24) is 10.6 Å². The van der Waals surface area contributed by atoms with E-state index in [4.69, 9.17) is 0 Å². The molecule has 0 aliphatic heterocycles. The summed E-state index contributed by atoms with van der Waals surface area (Å²) >= 11 is 0. The van der Waals surface area contributed by atoms with Gasteiger partial charge in [0, 0.05) is 24.4 Å². The number of rotatable bonds is 5. The van der Waals surface area contributed by atoms with Gasteiger partial charge in [-0.3, -0.25) is 0 Å². The van der Waals surface area contributed by atoms with Crippen molar-refractivity contribution in [3.8, 4) is 0 Å². The van der Waals surface area contributed by atoms with Crippen LogP contribution in [0.1, 0.15) is 31.2 Å². The van der Waals surface area contributed by atoms with Gasteiger partial charge in [0.1, 0.15) is 21.5 Å². The third kappa shape index (κ3) is 4.63. The van der Waals surface area contributed by atoms with Crippen molar-refractivity contribution in [1.29, 1.82) is 0 Å². The molecule has 1 aliphatic rings. The van der Waals surface area contributed by atoms with E-state index in [1.165, 1.54) is 12.1 Å². The molecule has 2 rings (SSSR count). The second kappa shape index (κ2) is 6.82. The van der Waals surface area contributed by atoms with E-state index in [1.807, 2.05) is 0 Å². The molecule has 2 amide bonds. The smallest absolute Gasteiger partial charge is 0.315 e. The maximum atomic E-state index is 14.1. The highest BCUT2D eigenvalue weighted by molar-refractivity contribution is 7.90. The lowest BCUT2D eigenvalue weighted by Gasteiger charge is -2.31. The summed E-state index contributed by atoms with van der Waals surface area (Å²) in [6.45, 7) is -0.0212. The summed E-state index contributed by atoms with van der Waals surface area (Å²) in [5, 5.41) is 5.21. The molecular weight excluding hydrogens is 326 g/mol. The quantitative estimate of drug-likeness (QED) is 0.857. The SMILES string of the molecule is CS(=O)(=O)CCNC(=O)NC1(c2ccc(F)cc2F)CCCC1. The highest BCUT2D eigenvalue weighted by atomic mass is 32.2. The van der Waals surface area contributed by atoms with Crippen LogP contribution in [0.3, 0.4) is 0 Å². The first-order chi connectivity index (χ1) is 10.7.